The number of hydrazine groups is 1. The van der Waals surface area contributed by atoms with E-state index in [-0.39, 0.29) is 0 Å². The molecule has 1 heterocycles. The van der Waals surface area contributed by atoms with Gasteiger partial charge in [-0.05, 0) is 62.0 Å². The van der Waals surface area contributed by atoms with Crippen LogP contribution in [0.15, 0.2) is 59.1 Å². The Balaban J connectivity index is 2.20. The zero-order valence-corrected chi connectivity index (χ0v) is 19.9. The average molecular weight is 439 g/mol. The van der Waals surface area contributed by atoms with Crippen molar-refractivity contribution in [3.05, 3.63) is 64.8 Å². The molecule has 1 aromatic rings. The Morgan fingerprint density at radius 3 is 2.59 bits per heavy atom. The van der Waals surface area contributed by atoms with Gasteiger partial charge in [-0.2, -0.15) is 0 Å². The fourth-order valence-electron chi connectivity index (χ4n) is 3.92. The summed E-state index contributed by atoms with van der Waals surface area (Å²) in [4.78, 5) is 20.1. The second kappa shape index (κ2) is 13.5. The summed E-state index contributed by atoms with van der Waals surface area (Å²) >= 11 is 0. The smallest absolute Gasteiger partial charge is 0.223 e. The predicted molar refractivity (Wildman–Crippen MR) is 132 cm³/mol. The number of nitrogens with one attached hydrogen (secondary N) is 4. The number of carbonyl (C=O) groups excluding carboxylic acids is 1. The molecule has 2 rings (SSSR count). The monoisotopic (exact) mass is 438 g/mol. The van der Waals surface area contributed by atoms with Crippen molar-refractivity contribution in [2.45, 2.75) is 65.2 Å². The van der Waals surface area contributed by atoms with E-state index >= 15 is 0 Å². The molecule has 32 heavy (non-hydrogen) atoms. The first-order valence-corrected chi connectivity index (χ1v) is 11.5. The standard InChI is InChI=1S/C25H38N6O/c1-6-20(24(31-26-5)19(4)12-13-22(18(2)3)29-17-32)16-28-25-27-15-14-23(30-25)21-10-8-7-9-11-21/h12-15,17,21,26,31H,2,6-11,16H2,1,3-5H3,(H,29,32)(H,27,28,30)/b19-12+,22-13+,24-20+. The minimum Gasteiger partial charge on any atom is -0.350 e. The maximum atomic E-state index is 10.8. The van der Waals surface area contributed by atoms with Gasteiger partial charge in [0.15, 0.2) is 0 Å². The molecule has 0 spiro atoms. The Morgan fingerprint density at radius 1 is 1.22 bits per heavy atom. The molecule has 0 unspecified atom stereocenters. The SMILES string of the molecule is C=C(C)\C(=C/C=C(C)/C(NNC)=C(/CC)CNc1nccc(C2CCCCC2)n1)NC=O. The Kier molecular flexibility index (Phi) is 10.7. The number of nitrogens with zero attached hydrogens (tertiary/aromatic N) is 2. The minimum atomic E-state index is 0.550. The van der Waals surface area contributed by atoms with Gasteiger partial charge >= 0.3 is 0 Å². The second-order valence-electron chi connectivity index (χ2n) is 8.17. The third-order valence-corrected chi connectivity index (χ3v) is 5.76. The van der Waals surface area contributed by atoms with E-state index in [0.29, 0.717) is 30.5 Å². The average Bonchev–Trinajstić information content (AvgIpc) is 2.81. The van der Waals surface area contributed by atoms with Gasteiger partial charge in [0.25, 0.3) is 0 Å². The van der Waals surface area contributed by atoms with Crippen molar-refractivity contribution in [1.82, 2.24) is 26.1 Å². The zero-order valence-electron chi connectivity index (χ0n) is 19.9. The molecule has 0 atom stereocenters. The van der Waals surface area contributed by atoms with E-state index in [0.717, 1.165) is 29.0 Å². The number of carbonyl (C=O) groups is 1. The molecule has 7 nitrogen and oxygen atoms in total. The fourth-order valence-corrected chi connectivity index (χ4v) is 3.92. The van der Waals surface area contributed by atoms with E-state index in [2.05, 4.69) is 46.0 Å². The van der Waals surface area contributed by atoms with Crippen LogP contribution in [0.25, 0.3) is 0 Å². The van der Waals surface area contributed by atoms with Gasteiger partial charge < -0.3 is 16.1 Å². The molecule has 1 aliphatic rings. The van der Waals surface area contributed by atoms with Gasteiger partial charge in [0.1, 0.15) is 0 Å². The highest BCUT2D eigenvalue weighted by molar-refractivity contribution is 5.54. The van der Waals surface area contributed by atoms with Crippen LogP contribution < -0.4 is 21.5 Å². The van der Waals surface area contributed by atoms with E-state index < -0.39 is 0 Å². The van der Waals surface area contributed by atoms with Crippen molar-refractivity contribution in [3.63, 3.8) is 0 Å². The topological polar surface area (TPSA) is 91.0 Å². The van der Waals surface area contributed by atoms with Crippen LogP contribution in [-0.2, 0) is 4.79 Å². The number of aromatic nitrogens is 2. The Morgan fingerprint density at radius 2 is 1.97 bits per heavy atom. The molecule has 4 N–H and O–H groups in total. The van der Waals surface area contributed by atoms with E-state index in [1.807, 2.05) is 39.2 Å². The summed E-state index contributed by atoms with van der Waals surface area (Å²) in [6.07, 6.45) is 13.5. The van der Waals surface area contributed by atoms with Crippen LogP contribution in [0.1, 0.15) is 70.9 Å². The molecule has 0 aliphatic heterocycles. The third kappa shape index (κ3) is 7.64. The largest absolute Gasteiger partial charge is 0.350 e. The highest BCUT2D eigenvalue weighted by Crippen LogP contribution is 2.31. The molecule has 7 heteroatoms. The summed E-state index contributed by atoms with van der Waals surface area (Å²) in [7, 11) is 1.84. The summed E-state index contributed by atoms with van der Waals surface area (Å²) < 4.78 is 0. The quantitative estimate of drug-likeness (QED) is 0.219. The number of anilines is 1. The molecule has 0 aromatic carbocycles. The molecule has 1 fully saturated rings. The third-order valence-electron chi connectivity index (χ3n) is 5.76. The lowest BCUT2D eigenvalue weighted by Crippen LogP contribution is -2.29. The van der Waals surface area contributed by atoms with Crippen LogP contribution in [0.4, 0.5) is 5.95 Å². The van der Waals surface area contributed by atoms with Crippen molar-refractivity contribution in [3.8, 4) is 0 Å². The summed E-state index contributed by atoms with van der Waals surface area (Å²) in [5.41, 5.74) is 12.1. The minimum absolute atomic E-state index is 0.550. The zero-order chi connectivity index (χ0) is 23.3. The van der Waals surface area contributed by atoms with Crippen LogP contribution in [0.5, 0.6) is 0 Å². The lowest BCUT2D eigenvalue weighted by Gasteiger charge is -2.21. The highest BCUT2D eigenvalue weighted by atomic mass is 16.1. The van der Waals surface area contributed by atoms with E-state index in [1.54, 1.807) is 0 Å². The molecule has 0 saturated heterocycles. The maximum Gasteiger partial charge on any atom is 0.223 e. The Labute approximate surface area is 192 Å². The molecule has 1 aliphatic carbocycles. The molecule has 0 radical (unpaired) electrons. The summed E-state index contributed by atoms with van der Waals surface area (Å²) in [6, 6.07) is 2.05. The van der Waals surface area contributed by atoms with Gasteiger partial charge in [-0.25, -0.2) is 15.4 Å². The van der Waals surface area contributed by atoms with Crippen molar-refractivity contribution < 1.29 is 4.79 Å². The normalized spacial score (nSPS) is 16.2. The highest BCUT2D eigenvalue weighted by Gasteiger charge is 2.17. The van der Waals surface area contributed by atoms with Crippen molar-refractivity contribution >= 4 is 12.4 Å². The summed E-state index contributed by atoms with van der Waals surface area (Å²) in [6.45, 7) is 10.6. The molecule has 1 saturated carbocycles. The Hall–Kier alpha value is -2.93. The Bertz CT molecular complexity index is 865. The molecule has 1 amide bonds. The maximum absolute atomic E-state index is 10.8. The lowest BCUT2D eigenvalue weighted by atomic mass is 9.87. The predicted octanol–water partition coefficient (Wildman–Crippen LogP) is 4.48. The molecular weight excluding hydrogens is 400 g/mol. The lowest BCUT2D eigenvalue weighted by molar-refractivity contribution is -0.108. The van der Waals surface area contributed by atoms with Crippen molar-refractivity contribution in [2.75, 3.05) is 18.9 Å². The van der Waals surface area contributed by atoms with Crippen LogP contribution in [0.3, 0.4) is 0 Å². The number of rotatable bonds is 12. The first-order valence-electron chi connectivity index (χ1n) is 11.5. The fraction of sp³-hybridized carbons (Fsp3) is 0.480. The van der Waals surface area contributed by atoms with Crippen molar-refractivity contribution in [1.29, 1.82) is 0 Å². The van der Waals surface area contributed by atoms with Gasteiger partial charge in [0.05, 0.1) is 5.70 Å². The van der Waals surface area contributed by atoms with Gasteiger partial charge in [0.2, 0.25) is 12.4 Å². The van der Waals surface area contributed by atoms with Crippen molar-refractivity contribution in [2.24, 2.45) is 0 Å². The summed E-state index contributed by atoms with van der Waals surface area (Å²) in [5, 5.41) is 6.09. The van der Waals surface area contributed by atoms with Crippen LogP contribution in [0, 0.1) is 0 Å². The number of hydrogen-bond donors (Lipinski definition) is 4. The van der Waals surface area contributed by atoms with E-state index in [9.17, 15) is 4.79 Å². The summed E-state index contributed by atoms with van der Waals surface area (Å²) in [5.74, 6) is 1.22. The van der Waals surface area contributed by atoms with Gasteiger partial charge in [0, 0.05) is 37.1 Å². The number of amides is 1. The van der Waals surface area contributed by atoms with Gasteiger partial charge in [-0.15, -0.1) is 0 Å². The van der Waals surface area contributed by atoms with E-state index in [4.69, 9.17) is 4.98 Å². The second-order valence-corrected chi connectivity index (χ2v) is 8.17. The van der Waals surface area contributed by atoms with Gasteiger partial charge in [-0.3, -0.25) is 4.79 Å². The van der Waals surface area contributed by atoms with E-state index in [1.165, 1.54) is 37.7 Å². The van der Waals surface area contributed by atoms with Gasteiger partial charge in [-0.1, -0.05) is 38.8 Å². The molecule has 0 bridgehead atoms. The molecule has 174 valence electrons. The first kappa shape index (κ1) is 25.3. The van der Waals surface area contributed by atoms with Crippen LogP contribution in [0.2, 0.25) is 0 Å². The first-order chi connectivity index (χ1) is 15.5. The number of allylic oxidation sites excluding steroid dienone is 4. The van der Waals surface area contributed by atoms with Crippen LogP contribution >= 0.6 is 0 Å². The van der Waals surface area contributed by atoms with Crippen LogP contribution in [-0.4, -0.2) is 30.0 Å². The molecule has 1 aromatic heterocycles. The molecular formula is C25H38N6O. The number of hydrogen-bond acceptors (Lipinski definition) is 6.